The van der Waals surface area contributed by atoms with Gasteiger partial charge in [-0.3, -0.25) is 14.5 Å². The number of hydrogen-bond acceptors (Lipinski definition) is 10. The van der Waals surface area contributed by atoms with E-state index in [0.717, 1.165) is 0 Å². The third kappa shape index (κ3) is 6.22. The number of carbonyl (C=O) groups excluding carboxylic acids is 4. The molecule has 0 unspecified atom stereocenters. The van der Waals surface area contributed by atoms with Crippen molar-refractivity contribution in [2.45, 2.75) is 63.8 Å². The molecular formula is C30H36N4O8. The minimum absolute atomic E-state index is 0.00187. The summed E-state index contributed by atoms with van der Waals surface area (Å²) >= 11 is 0. The molecule has 1 aliphatic heterocycles. The first kappa shape index (κ1) is 30.5. The van der Waals surface area contributed by atoms with E-state index in [4.69, 9.17) is 24.4 Å². The van der Waals surface area contributed by atoms with E-state index >= 15 is 0 Å². The first-order valence-electron chi connectivity index (χ1n) is 13.7. The van der Waals surface area contributed by atoms with Gasteiger partial charge in [0.05, 0.1) is 32.0 Å². The maximum Gasteiger partial charge on any atom is 0.411 e. The number of nitrogens with zero attached hydrogens (tertiary/aromatic N) is 2. The average Bonchev–Trinajstić information content (AvgIpc) is 3.50. The number of rotatable bonds is 10. The predicted molar refractivity (Wildman–Crippen MR) is 153 cm³/mol. The number of ether oxygens (including phenoxy) is 4. The Hall–Kier alpha value is -4.48. The van der Waals surface area contributed by atoms with Crippen LogP contribution in [0.25, 0.3) is 10.9 Å². The Balaban J connectivity index is 1.65. The molecule has 42 heavy (non-hydrogen) atoms. The lowest BCUT2D eigenvalue weighted by atomic mass is 10.1. The van der Waals surface area contributed by atoms with Crippen LogP contribution in [0.2, 0.25) is 0 Å². The molecule has 0 radical (unpaired) electrons. The molecule has 2 fully saturated rings. The van der Waals surface area contributed by atoms with Crippen molar-refractivity contribution < 1.29 is 38.1 Å². The number of hydrogen-bond donors (Lipinski definition) is 2. The topological polar surface area (TPSA) is 157 Å². The number of esters is 1. The summed E-state index contributed by atoms with van der Waals surface area (Å²) in [5.74, 6) is -1.21. The fourth-order valence-corrected chi connectivity index (χ4v) is 5.00. The second kappa shape index (κ2) is 11.8. The first-order valence-corrected chi connectivity index (χ1v) is 13.7. The SMILES string of the molecule is C=C[C@@H]1C[C@]1(NC(=O)[C@@H]1C[C@@H](Oc2cc(C(=O)C=N)nc3cc(OC)ccc23)CN1C(=O)OC(C)(C)C)C(=O)OCC. The van der Waals surface area contributed by atoms with Crippen molar-refractivity contribution in [1.29, 1.82) is 5.41 Å². The maximum atomic E-state index is 13.7. The molecule has 2 aromatic rings. The third-order valence-electron chi connectivity index (χ3n) is 7.13. The molecule has 1 aliphatic carbocycles. The van der Waals surface area contributed by atoms with Crippen molar-refractivity contribution in [2.24, 2.45) is 5.92 Å². The molecule has 4 rings (SSSR count). The van der Waals surface area contributed by atoms with Crippen LogP contribution in [0.1, 0.15) is 51.0 Å². The van der Waals surface area contributed by atoms with Crippen LogP contribution in [-0.4, -0.2) is 83.4 Å². The molecule has 1 aromatic carbocycles. The number of likely N-dealkylation sites (tertiary alicyclic amines) is 1. The number of aromatic nitrogens is 1. The smallest absolute Gasteiger partial charge is 0.411 e. The summed E-state index contributed by atoms with van der Waals surface area (Å²) in [6.07, 6.45) is 1.29. The molecule has 2 heterocycles. The van der Waals surface area contributed by atoms with Crippen LogP contribution in [0.5, 0.6) is 11.5 Å². The molecule has 12 nitrogen and oxygen atoms in total. The summed E-state index contributed by atoms with van der Waals surface area (Å²) < 4.78 is 22.4. The highest BCUT2D eigenvalue weighted by Crippen LogP contribution is 2.46. The van der Waals surface area contributed by atoms with Crippen LogP contribution in [0.3, 0.4) is 0 Å². The summed E-state index contributed by atoms with van der Waals surface area (Å²) in [6, 6.07) is 5.50. The second-order valence-corrected chi connectivity index (χ2v) is 11.2. The molecule has 1 saturated heterocycles. The zero-order chi connectivity index (χ0) is 30.8. The van der Waals surface area contributed by atoms with E-state index in [-0.39, 0.29) is 31.2 Å². The molecule has 2 aliphatic rings. The average molecular weight is 581 g/mol. The molecule has 0 bridgehead atoms. The van der Waals surface area contributed by atoms with Crippen molar-refractivity contribution in [3.05, 3.63) is 42.6 Å². The van der Waals surface area contributed by atoms with Crippen LogP contribution >= 0.6 is 0 Å². The quantitative estimate of drug-likeness (QED) is 0.186. The Morgan fingerprint density at radius 1 is 1.24 bits per heavy atom. The van der Waals surface area contributed by atoms with Gasteiger partial charge in [0, 0.05) is 29.9 Å². The molecule has 1 saturated carbocycles. The number of benzene rings is 1. The zero-order valence-corrected chi connectivity index (χ0v) is 24.4. The first-order chi connectivity index (χ1) is 19.8. The lowest BCUT2D eigenvalue weighted by Gasteiger charge is -2.28. The zero-order valence-electron chi connectivity index (χ0n) is 24.4. The van der Waals surface area contributed by atoms with Crippen LogP contribution in [0.4, 0.5) is 4.79 Å². The molecule has 12 heteroatoms. The van der Waals surface area contributed by atoms with Crippen LogP contribution in [0.15, 0.2) is 36.9 Å². The van der Waals surface area contributed by atoms with Crippen molar-refractivity contribution in [3.63, 3.8) is 0 Å². The van der Waals surface area contributed by atoms with E-state index in [9.17, 15) is 19.2 Å². The highest BCUT2D eigenvalue weighted by atomic mass is 16.6. The van der Waals surface area contributed by atoms with Gasteiger partial charge in [0.25, 0.3) is 0 Å². The fourth-order valence-electron chi connectivity index (χ4n) is 5.00. The van der Waals surface area contributed by atoms with Crippen molar-refractivity contribution in [3.8, 4) is 11.5 Å². The molecule has 2 N–H and O–H groups in total. The Morgan fingerprint density at radius 2 is 1.98 bits per heavy atom. The predicted octanol–water partition coefficient (Wildman–Crippen LogP) is 3.46. The van der Waals surface area contributed by atoms with Gasteiger partial charge in [0.1, 0.15) is 40.5 Å². The molecule has 1 aromatic heterocycles. The number of pyridine rings is 1. The minimum Gasteiger partial charge on any atom is -0.497 e. The normalized spacial score (nSPS) is 23.1. The van der Waals surface area contributed by atoms with Gasteiger partial charge in [0.15, 0.2) is 0 Å². The molecular weight excluding hydrogens is 544 g/mol. The van der Waals surface area contributed by atoms with Gasteiger partial charge in [0.2, 0.25) is 11.7 Å². The number of nitrogens with one attached hydrogen (secondary N) is 2. The lowest BCUT2D eigenvalue weighted by molar-refractivity contribution is -0.149. The number of Topliss-reactive ketones (excluding diaryl/α,β-unsaturated/α-hetero) is 1. The van der Waals surface area contributed by atoms with Crippen LogP contribution in [-0.2, 0) is 19.1 Å². The van der Waals surface area contributed by atoms with Crippen molar-refractivity contribution in [1.82, 2.24) is 15.2 Å². The highest BCUT2D eigenvalue weighted by molar-refractivity contribution is 6.34. The lowest BCUT2D eigenvalue weighted by Crippen LogP contribution is -2.53. The van der Waals surface area contributed by atoms with Gasteiger partial charge in [-0.2, -0.15) is 0 Å². The molecule has 2 amide bonds. The number of methoxy groups -OCH3 is 1. The van der Waals surface area contributed by atoms with Gasteiger partial charge < -0.3 is 29.7 Å². The fraction of sp³-hybridized carbons (Fsp3) is 0.467. The van der Waals surface area contributed by atoms with Crippen LogP contribution < -0.4 is 14.8 Å². The molecule has 0 spiro atoms. The standard InChI is InChI=1S/C30H36N4O8/c1-7-17-14-30(17,27(37)40-8-2)33-26(36)23-12-19(16-34(23)28(38)42-29(3,4)5)41-25-13-22(24(35)15-31)32-21-11-18(39-6)9-10-20(21)25/h7,9-11,13,15,17,19,23,31H,1,8,12,14,16H2,2-6H3,(H,33,36)/t17-,19-,23+,30-/m1/s1. The number of fused-ring (bicyclic) bond motifs is 1. The van der Waals surface area contributed by atoms with Crippen LogP contribution in [0, 0.1) is 11.3 Å². The summed E-state index contributed by atoms with van der Waals surface area (Å²) in [6.45, 7) is 10.7. The number of amides is 2. The minimum atomic E-state index is -1.24. The second-order valence-electron chi connectivity index (χ2n) is 11.2. The van der Waals surface area contributed by atoms with Gasteiger partial charge >= 0.3 is 12.1 Å². The monoisotopic (exact) mass is 580 g/mol. The summed E-state index contributed by atoms with van der Waals surface area (Å²) in [7, 11) is 1.51. The maximum absolute atomic E-state index is 13.7. The molecule has 4 atom stereocenters. The van der Waals surface area contributed by atoms with E-state index in [1.54, 1.807) is 52.0 Å². The van der Waals surface area contributed by atoms with E-state index in [1.165, 1.54) is 18.1 Å². The van der Waals surface area contributed by atoms with Gasteiger partial charge in [-0.05, 0) is 46.2 Å². The van der Waals surface area contributed by atoms with E-state index < -0.39 is 47.0 Å². The summed E-state index contributed by atoms with van der Waals surface area (Å²) in [5.41, 5.74) is -1.65. The summed E-state index contributed by atoms with van der Waals surface area (Å²) in [5, 5.41) is 10.8. The Kier molecular flexibility index (Phi) is 8.55. The Morgan fingerprint density at radius 3 is 2.57 bits per heavy atom. The van der Waals surface area contributed by atoms with E-state index in [0.29, 0.717) is 35.0 Å². The summed E-state index contributed by atoms with van der Waals surface area (Å²) in [4.78, 5) is 57.7. The van der Waals surface area contributed by atoms with E-state index in [1.807, 2.05) is 0 Å². The highest BCUT2D eigenvalue weighted by Gasteiger charge is 2.62. The van der Waals surface area contributed by atoms with Gasteiger partial charge in [-0.1, -0.05) is 6.08 Å². The third-order valence-corrected chi connectivity index (χ3v) is 7.13. The number of carbonyl (C=O) groups is 4. The largest absolute Gasteiger partial charge is 0.497 e. The van der Waals surface area contributed by atoms with Gasteiger partial charge in [-0.25, -0.2) is 14.6 Å². The molecule has 224 valence electrons. The van der Waals surface area contributed by atoms with Gasteiger partial charge in [-0.15, -0.1) is 6.58 Å². The van der Waals surface area contributed by atoms with E-state index in [2.05, 4.69) is 16.9 Å². The Labute approximate surface area is 243 Å². The van der Waals surface area contributed by atoms with Crippen molar-refractivity contribution >= 4 is 40.9 Å². The Bertz CT molecular complexity index is 1430. The number of ketones is 1. The van der Waals surface area contributed by atoms with Crippen molar-refractivity contribution in [2.75, 3.05) is 20.3 Å².